The Morgan fingerprint density at radius 1 is 1.32 bits per heavy atom. The Hall–Kier alpha value is -1.36. The SMILES string of the molecule is CC1CCc2c(C(=O)N3CCC(C(=O)O)C(C)C3)csc2C1. The Morgan fingerprint density at radius 3 is 2.77 bits per heavy atom. The lowest BCUT2D eigenvalue weighted by atomic mass is 9.86. The fourth-order valence-electron chi connectivity index (χ4n) is 3.72. The van der Waals surface area contributed by atoms with Gasteiger partial charge in [-0.3, -0.25) is 9.59 Å². The van der Waals surface area contributed by atoms with Crippen LogP contribution in [-0.2, 0) is 17.6 Å². The van der Waals surface area contributed by atoms with Gasteiger partial charge in [-0.1, -0.05) is 13.8 Å². The van der Waals surface area contributed by atoms with Gasteiger partial charge in [0.1, 0.15) is 0 Å². The second-order valence-electron chi connectivity index (χ2n) is 6.86. The first-order chi connectivity index (χ1) is 10.5. The number of hydrogen-bond donors (Lipinski definition) is 1. The van der Waals surface area contributed by atoms with E-state index in [0.29, 0.717) is 25.4 Å². The minimum atomic E-state index is -0.735. The van der Waals surface area contributed by atoms with Crippen LogP contribution < -0.4 is 0 Å². The molecule has 3 unspecified atom stereocenters. The van der Waals surface area contributed by atoms with Gasteiger partial charge in [-0.2, -0.15) is 0 Å². The molecule has 1 saturated heterocycles. The molecule has 1 N–H and O–H groups in total. The summed E-state index contributed by atoms with van der Waals surface area (Å²) >= 11 is 1.71. The van der Waals surface area contributed by atoms with E-state index >= 15 is 0 Å². The van der Waals surface area contributed by atoms with Gasteiger partial charge in [0.05, 0.1) is 11.5 Å². The molecule has 120 valence electrons. The maximum Gasteiger partial charge on any atom is 0.306 e. The first-order valence-electron chi connectivity index (χ1n) is 8.08. The number of piperidine rings is 1. The summed E-state index contributed by atoms with van der Waals surface area (Å²) in [7, 11) is 0. The molecule has 1 fully saturated rings. The number of aliphatic carboxylic acids is 1. The molecule has 3 atom stereocenters. The molecule has 3 rings (SSSR count). The molecule has 1 aromatic heterocycles. The molecule has 2 heterocycles. The number of amides is 1. The molecule has 2 aliphatic rings. The number of carbonyl (C=O) groups is 2. The number of carboxylic acids is 1. The first-order valence-corrected chi connectivity index (χ1v) is 8.96. The van der Waals surface area contributed by atoms with Gasteiger partial charge in [0, 0.05) is 23.3 Å². The van der Waals surface area contributed by atoms with Crippen LogP contribution in [0.25, 0.3) is 0 Å². The van der Waals surface area contributed by atoms with Crippen molar-refractivity contribution >= 4 is 23.2 Å². The van der Waals surface area contributed by atoms with E-state index < -0.39 is 5.97 Å². The van der Waals surface area contributed by atoms with Gasteiger partial charge in [-0.15, -0.1) is 11.3 Å². The quantitative estimate of drug-likeness (QED) is 0.911. The third-order valence-corrected chi connectivity index (χ3v) is 6.19. The van der Waals surface area contributed by atoms with Crippen LogP contribution in [0, 0.1) is 17.8 Å². The van der Waals surface area contributed by atoms with Crippen molar-refractivity contribution in [1.82, 2.24) is 4.90 Å². The lowest BCUT2D eigenvalue weighted by Gasteiger charge is -2.35. The number of rotatable bonds is 2. The highest BCUT2D eigenvalue weighted by Gasteiger charge is 2.34. The highest BCUT2D eigenvalue weighted by molar-refractivity contribution is 7.10. The van der Waals surface area contributed by atoms with Gasteiger partial charge in [0.15, 0.2) is 0 Å². The third kappa shape index (κ3) is 2.78. The molecule has 22 heavy (non-hydrogen) atoms. The molecule has 0 aromatic carbocycles. The normalized spacial score (nSPS) is 28.3. The summed E-state index contributed by atoms with van der Waals surface area (Å²) < 4.78 is 0. The Balaban J connectivity index is 1.74. The van der Waals surface area contributed by atoms with Crippen LogP contribution in [0.5, 0.6) is 0 Å². The van der Waals surface area contributed by atoms with E-state index in [1.807, 2.05) is 17.2 Å². The molecule has 0 saturated carbocycles. The monoisotopic (exact) mass is 321 g/mol. The summed E-state index contributed by atoms with van der Waals surface area (Å²) in [6.45, 7) is 5.31. The van der Waals surface area contributed by atoms with Crippen molar-refractivity contribution in [2.24, 2.45) is 17.8 Å². The molecule has 0 bridgehead atoms. The highest BCUT2D eigenvalue weighted by atomic mass is 32.1. The largest absolute Gasteiger partial charge is 0.481 e. The standard InChI is InChI=1S/C17H23NO3S/c1-10-3-4-13-14(9-22-15(13)7-10)16(19)18-6-5-12(17(20)21)11(2)8-18/h9-12H,3-8H2,1-2H3,(H,20,21). The van der Waals surface area contributed by atoms with Crippen LogP contribution in [0.2, 0.25) is 0 Å². The van der Waals surface area contributed by atoms with Crippen LogP contribution in [0.3, 0.4) is 0 Å². The first kappa shape index (κ1) is 15.5. The predicted octanol–water partition coefficient (Wildman–Crippen LogP) is 3.06. The lowest BCUT2D eigenvalue weighted by Crippen LogP contribution is -2.45. The molecular formula is C17H23NO3S. The summed E-state index contributed by atoms with van der Waals surface area (Å²) in [4.78, 5) is 27.2. The van der Waals surface area contributed by atoms with Crippen LogP contribution >= 0.6 is 11.3 Å². The number of thiophene rings is 1. The predicted molar refractivity (Wildman–Crippen MR) is 86.3 cm³/mol. The van der Waals surface area contributed by atoms with Crippen molar-refractivity contribution in [3.8, 4) is 0 Å². The fourth-order valence-corrected chi connectivity index (χ4v) is 4.96. The Bertz CT molecular complexity index is 595. The van der Waals surface area contributed by atoms with Gasteiger partial charge in [-0.25, -0.2) is 0 Å². The summed E-state index contributed by atoms with van der Waals surface area (Å²) in [5.74, 6) is -0.226. The summed E-state index contributed by atoms with van der Waals surface area (Å²) in [6.07, 6.45) is 3.81. The van der Waals surface area contributed by atoms with Crippen molar-refractivity contribution in [1.29, 1.82) is 0 Å². The molecule has 0 spiro atoms. The van der Waals surface area contributed by atoms with E-state index in [-0.39, 0.29) is 17.7 Å². The fraction of sp³-hybridized carbons (Fsp3) is 0.647. The number of likely N-dealkylation sites (tertiary alicyclic amines) is 1. The van der Waals surface area contributed by atoms with Crippen LogP contribution in [0.1, 0.15) is 47.5 Å². The van der Waals surface area contributed by atoms with Gasteiger partial charge < -0.3 is 10.0 Å². The number of carbonyl (C=O) groups excluding carboxylic acids is 1. The van der Waals surface area contributed by atoms with E-state index in [1.165, 1.54) is 10.4 Å². The smallest absolute Gasteiger partial charge is 0.306 e. The molecule has 5 heteroatoms. The summed E-state index contributed by atoms with van der Waals surface area (Å²) in [5, 5.41) is 11.2. The average molecular weight is 321 g/mol. The van der Waals surface area contributed by atoms with Crippen molar-refractivity contribution < 1.29 is 14.7 Å². The molecule has 1 aromatic rings. The van der Waals surface area contributed by atoms with Crippen LogP contribution in [0.4, 0.5) is 0 Å². The van der Waals surface area contributed by atoms with Crippen molar-refractivity contribution in [3.63, 3.8) is 0 Å². The number of nitrogens with zero attached hydrogens (tertiary/aromatic N) is 1. The van der Waals surface area contributed by atoms with E-state index in [9.17, 15) is 14.7 Å². The average Bonchev–Trinajstić information content (AvgIpc) is 2.88. The number of hydrogen-bond acceptors (Lipinski definition) is 3. The highest BCUT2D eigenvalue weighted by Crippen LogP contribution is 2.34. The zero-order valence-electron chi connectivity index (χ0n) is 13.2. The maximum absolute atomic E-state index is 12.8. The summed E-state index contributed by atoms with van der Waals surface area (Å²) in [6, 6.07) is 0. The van der Waals surface area contributed by atoms with Crippen molar-refractivity contribution in [3.05, 3.63) is 21.4 Å². The minimum Gasteiger partial charge on any atom is -0.481 e. The zero-order valence-corrected chi connectivity index (χ0v) is 14.0. The van der Waals surface area contributed by atoms with Crippen molar-refractivity contribution in [2.45, 2.75) is 39.5 Å². The van der Waals surface area contributed by atoms with E-state index in [2.05, 4.69) is 6.92 Å². The lowest BCUT2D eigenvalue weighted by molar-refractivity contribution is -0.145. The van der Waals surface area contributed by atoms with Crippen LogP contribution in [0.15, 0.2) is 5.38 Å². The number of fused-ring (bicyclic) bond motifs is 1. The zero-order chi connectivity index (χ0) is 15.9. The van der Waals surface area contributed by atoms with Gasteiger partial charge >= 0.3 is 5.97 Å². The molecule has 0 radical (unpaired) electrons. The van der Waals surface area contributed by atoms with Crippen molar-refractivity contribution in [2.75, 3.05) is 13.1 Å². The Kier molecular flexibility index (Phi) is 4.26. The van der Waals surface area contributed by atoms with E-state index in [0.717, 1.165) is 24.8 Å². The van der Waals surface area contributed by atoms with Gasteiger partial charge in [0.2, 0.25) is 0 Å². The van der Waals surface area contributed by atoms with E-state index in [4.69, 9.17) is 0 Å². The maximum atomic E-state index is 12.8. The third-order valence-electron chi connectivity index (χ3n) is 5.14. The minimum absolute atomic E-state index is 0.0182. The Morgan fingerprint density at radius 2 is 2.09 bits per heavy atom. The van der Waals surface area contributed by atoms with E-state index in [1.54, 1.807) is 11.3 Å². The second-order valence-corrected chi connectivity index (χ2v) is 7.83. The molecule has 1 aliphatic heterocycles. The Labute approximate surface area is 135 Å². The van der Waals surface area contributed by atoms with Gasteiger partial charge in [-0.05, 0) is 43.1 Å². The summed E-state index contributed by atoms with van der Waals surface area (Å²) in [5.41, 5.74) is 2.12. The molecule has 1 aliphatic carbocycles. The van der Waals surface area contributed by atoms with Crippen LogP contribution in [-0.4, -0.2) is 35.0 Å². The topological polar surface area (TPSA) is 57.6 Å². The molecule has 1 amide bonds. The molecule has 4 nitrogen and oxygen atoms in total. The number of carboxylic acid groups (broad SMARTS) is 1. The second kappa shape index (κ2) is 6.03. The van der Waals surface area contributed by atoms with Gasteiger partial charge in [0.25, 0.3) is 5.91 Å². The molecular weight excluding hydrogens is 298 g/mol.